The molecule has 0 aliphatic heterocycles. The number of carbonyl (C=O) groups excluding carboxylic acids is 2. The zero-order valence-corrected chi connectivity index (χ0v) is 8.15. The summed E-state index contributed by atoms with van der Waals surface area (Å²) in [7, 11) is 0. The first-order valence-electron chi connectivity index (χ1n) is 4.20. The first-order valence-corrected chi connectivity index (χ1v) is 4.20. The molecule has 5 heteroatoms. The molecule has 77 valence electrons. The highest BCUT2D eigenvalue weighted by molar-refractivity contribution is 6.15. The van der Waals surface area contributed by atoms with E-state index >= 15 is 0 Å². The van der Waals surface area contributed by atoms with Gasteiger partial charge in [-0.3, -0.25) is 19.9 Å². The van der Waals surface area contributed by atoms with E-state index in [1.807, 2.05) is 0 Å². The molecule has 1 aromatic rings. The lowest BCUT2D eigenvalue weighted by Gasteiger charge is -2.19. The molecular weight excluding hydrogens is 194 g/mol. The molecule has 0 heterocycles. The van der Waals surface area contributed by atoms with Crippen molar-refractivity contribution in [2.45, 2.75) is 6.92 Å². The number of amides is 1. The van der Waals surface area contributed by atoms with Gasteiger partial charge in [-0.05, 0) is 12.1 Å². The van der Waals surface area contributed by atoms with Gasteiger partial charge in [-0.15, -0.1) is 0 Å². The molecule has 0 aliphatic rings. The Balaban J connectivity index is 3.28. The maximum Gasteiger partial charge on any atom is 0.235 e. The van der Waals surface area contributed by atoms with Gasteiger partial charge in [-0.25, -0.2) is 0 Å². The summed E-state index contributed by atoms with van der Waals surface area (Å²) in [4.78, 5) is 22.8. The molecule has 15 heavy (non-hydrogen) atoms. The summed E-state index contributed by atoms with van der Waals surface area (Å²) >= 11 is 0. The van der Waals surface area contributed by atoms with E-state index in [1.54, 1.807) is 18.4 Å². The number of nitrogens with zero attached hydrogens (tertiary/aromatic N) is 1. The van der Waals surface area contributed by atoms with Crippen molar-refractivity contribution in [3.8, 4) is 0 Å². The van der Waals surface area contributed by atoms with Gasteiger partial charge in [0.2, 0.25) is 12.2 Å². The maximum absolute atomic E-state index is 11.2. The van der Waals surface area contributed by atoms with Crippen LogP contribution in [-0.4, -0.2) is 18.2 Å². The summed E-state index contributed by atoms with van der Waals surface area (Å²) < 4.78 is 0. The number of guanidine groups is 1. The molecule has 0 unspecified atom stereocenters. The number of carbonyl (C=O) groups is 1. The van der Waals surface area contributed by atoms with Crippen LogP contribution in [0.25, 0.3) is 0 Å². The van der Waals surface area contributed by atoms with Gasteiger partial charge in [0.05, 0.1) is 11.3 Å². The fourth-order valence-corrected chi connectivity index (χ4v) is 1.22. The maximum atomic E-state index is 11.2. The van der Waals surface area contributed by atoms with Gasteiger partial charge < -0.3 is 5.73 Å². The Hall–Kier alpha value is -2.17. The summed E-state index contributed by atoms with van der Waals surface area (Å²) in [5.41, 5.74) is 5.72. The number of benzene rings is 1. The SMILES string of the molecule is CC(=O)N(C(=N)N)c1ccccc1[C]=O. The Kier molecular flexibility index (Phi) is 3.17. The third kappa shape index (κ3) is 2.19. The Morgan fingerprint density at radius 2 is 2.07 bits per heavy atom. The molecule has 0 bridgehead atoms. The standard InChI is InChI=1S/C10H10N3O2/c1-7(15)13(10(11)12)9-5-3-2-4-8(9)6-14/h2-5H,1H3,(H3,11,12). The van der Waals surface area contributed by atoms with Gasteiger partial charge in [0, 0.05) is 6.92 Å². The summed E-state index contributed by atoms with van der Waals surface area (Å²) in [6.07, 6.45) is 1.69. The number of anilines is 1. The van der Waals surface area contributed by atoms with E-state index < -0.39 is 11.9 Å². The number of nitrogens with one attached hydrogen (secondary N) is 1. The van der Waals surface area contributed by atoms with Crippen molar-refractivity contribution in [3.05, 3.63) is 29.8 Å². The number of hydrogen-bond acceptors (Lipinski definition) is 3. The molecule has 0 aliphatic carbocycles. The van der Waals surface area contributed by atoms with Crippen LogP contribution in [0.2, 0.25) is 0 Å². The number of para-hydroxylation sites is 1. The van der Waals surface area contributed by atoms with E-state index in [-0.39, 0.29) is 11.3 Å². The lowest BCUT2D eigenvalue weighted by atomic mass is 10.2. The highest BCUT2D eigenvalue weighted by atomic mass is 16.2. The summed E-state index contributed by atoms with van der Waals surface area (Å²) in [5, 5.41) is 7.24. The second-order valence-electron chi connectivity index (χ2n) is 2.86. The van der Waals surface area contributed by atoms with E-state index in [1.165, 1.54) is 19.1 Å². The summed E-state index contributed by atoms with van der Waals surface area (Å²) in [6, 6.07) is 6.32. The average molecular weight is 204 g/mol. The van der Waals surface area contributed by atoms with Crippen LogP contribution in [0, 0.1) is 5.41 Å². The van der Waals surface area contributed by atoms with Crippen LogP contribution < -0.4 is 10.6 Å². The molecule has 0 saturated heterocycles. The van der Waals surface area contributed by atoms with Crippen molar-refractivity contribution in [2.75, 3.05) is 4.90 Å². The largest absolute Gasteiger partial charge is 0.369 e. The van der Waals surface area contributed by atoms with Crippen LogP contribution in [0.3, 0.4) is 0 Å². The summed E-state index contributed by atoms with van der Waals surface area (Å²) in [6.45, 7) is 1.27. The minimum absolute atomic E-state index is 0.197. The van der Waals surface area contributed by atoms with Gasteiger partial charge in [0.25, 0.3) is 0 Å². The smallest absolute Gasteiger partial charge is 0.235 e. The van der Waals surface area contributed by atoms with Gasteiger partial charge in [0.1, 0.15) is 0 Å². The Morgan fingerprint density at radius 1 is 1.47 bits per heavy atom. The van der Waals surface area contributed by atoms with Crippen molar-refractivity contribution in [1.82, 2.24) is 0 Å². The van der Waals surface area contributed by atoms with Gasteiger partial charge in [0.15, 0.2) is 5.96 Å². The fourth-order valence-electron chi connectivity index (χ4n) is 1.22. The minimum atomic E-state index is -0.426. The molecule has 1 rings (SSSR count). The van der Waals surface area contributed by atoms with E-state index in [2.05, 4.69) is 0 Å². The second-order valence-corrected chi connectivity index (χ2v) is 2.86. The number of hydrogen-bond donors (Lipinski definition) is 2. The minimum Gasteiger partial charge on any atom is -0.369 e. The van der Waals surface area contributed by atoms with Crippen molar-refractivity contribution >= 4 is 23.8 Å². The highest BCUT2D eigenvalue weighted by Crippen LogP contribution is 2.18. The zero-order chi connectivity index (χ0) is 11.4. The number of rotatable bonds is 2. The normalized spacial score (nSPS) is 9.40. The van der Waals surface area contributed by atoms with Crippen molar-refractivity contribution in [1.29, 1.82) is 5.41 Å². The fraction of sp³-hybridized carbons (Fsp3) is 0.100. The lowest BCUT2D eigenvalue weighted by molar-refractivity contribution is -0.115. The van der Waals surface area contributed by atoms with Gasteiger partial charge >= 0.3 is 0 Å². The molecule has 0 atom stereocenters. The highest BCUT2D eigenvalue weighted by Gasteiger charge is 2.17. The monoisotopic (exact) mass is 204 g/mol. The molecule has 0 spiro atoms. The van der Waals surface area contributed by atoms with E-state index in [4.69, 9.17) is 11.1 Å². The molecule has 1 amide bonds. The van der Waals surface area contributed by atoms with Crippen LogP contribution in [0.15, 0.2) is 24.3 Å². The van der Waals surface area contributed by atoms with Crippen LogP contribution in [0.5, 0.6) is 0 Å². The lowest BCUT2D eigenvalue weighted by Crippen LogP contribution is -2.40. The first-order chi connectivity index (χ1) is 7.07. The predicted octanol–water partition coefficient (Wildman–Crippen LogP) is 0.391. The topological polar surface area (TPSA) is 87.2 Å². The van der Waals surface area contributed by atoms with Crippen LogP contribution in [0.1, 0.15) is 12.5 Å². The molecule has 0 aromatic heterocycles. The quantitative estimate of drug-likeness (QED) is 0.539. The van der Waals surface area contributed by atoms with Crippen LogP contribution in [0.4, 0.5) is 5.69 Å². The Bertz CT molecular complexity index is 401. The predicted molar refractivity (Wildman–Crippen MR) is 56.3 cm³/mol. The van der Waals surface area contributed by atoms with E-state index in [0.717, 1.165) is 4.90 Å². The second kappa shape index (κ2) is 4.36. The van der Waals surface area contributed by atoms with E-state index in [0.29, 0.717) is 0 Å². The van der Waals surface area contributed by atoms with Crippen molar-refractivity contribution < 1.29 is 9.59 Å². The third-order valence-electron chi connectivity index (χ3n) is 1.81. The van der Waals surface area contributed by atoms with Gasteiger partial charge in [-0.1, -0.05) is 12.1 Å². The Labute approximate surface area is 87.0 Å². The van der Waals surface area contributed by atoms with Crippen LogP contribution in [-0.2, 0) is 9.59 Å². The average Bonchev–Trinajstić information content (AvgIpc) is 2.17. The van der Waals surface area contributed by atoms with E-state index in [9.17, 15) is 9.59 Å². The van der Waals surface area contributed by atoms with Crippen LogP contribution >= 0.6 is 0 Å². The molecule has 1 radical (unpaired) electrons. The third-order valence-corrected chi connectivity index (χ3v) is 1.81. The molecule has 0 saturated carbocycles. The Morgan fingerprint density at radius 3 is 2.53 bits per heavy atom. The molecule has 3 N–H and O–H groups in total. The number of nitrogens with two attached hydrogens (primary N) is 1. The molecule has 1 aromatic carbocycles. The molecule has 5 nitrogen and oxygen atoms in total. The first kappa shape index (κ1) is 10.9. The molecule has 0 fully saturated rings. The van der Waals surface area contributed by atoms with Gasteiger partial charge in [-0.2, -0.15) is 0 Å². The van der Waals surface area contributed by atoms with Crippen molar-refractivity contribution in [2.24, 2.45) is 5.73 Å². The zero-order valence-electron chi connectivity index (χ0n) is 8.15. The summed E-state index contributed by atoms with van der Waals surface area (Å²) in [5.74, 6) is -0.851. The molecular formula is C10H10N3O2. The van der Waals surface area contributed by atoms with Crippen molar-refractivity contribution in [3.63, 3.8) is 0 Å².